The van der Waals surface area contributed by atoms with Gasteiger partial charge in [-0.1, -0.05) is 36.8 Å². The van der Waals surface area contributed by atoms with Gasteiger partial charge in [-0.05, 0) is 25.8 Å². The zero-order chi connectivity index (χ0) is 12.4. The summed E-state index contributed by atoms with van der Waals surface area (Å²) in [5.41, 5.74) is 8.58. The van der Waals surface area contributed by atoms with Gasteiger partial charge in [-0.25, -0.2) is 0 Å². The molecule has 0 radical (unpaired) electrons. The largest absolute Gasteiger partial charge is 0.370 e. The predicted molar refractivity (Wildman–Crippen MR) is 72.0 cm³/mol. The molecule has 2 atom stereocenters. The van der Waals surface area contributed by atoms with Crippen molar-refractivity contribution in [3.63, 3.8) is 0 Å². The van der Waals surface area contributed by atoms with Crippen LogP contribution in [0.15, 0.2) is 29.3 Å². The number of aryl methyl sites for hydroxylation is 1. The van der Waals surface area contributed by atoms with Crippen molar-refractivity contribution in [2.45, 2.75) is 39.3 Å². The monoisotopic (exact) mass is 231 g/mol. The summed E-state index contributed by atoms with van der Waals surface area (Å²) in [6.45, 7) is 7.27. The molecular formula is C14H21N3. The van der Waals surface area contributed by atoms with Crippen molar-refractivity contribution in [2.24, 2.45) is 10.7 Å². The van der Waals surface area contributed by atoms with E-state index >= 15 is 0 Å². The summed E-state index contributed by atoms with van der Waals surface area (Å²) >= 11 is 0. The molecule has 0 saturated carbocycles. The number of benzene rings is 1. The van der Waals surface area contributed by atoms with Gasteiger partial charge in [0.05, 0.1) is 12.6 Å². The van der Waals surface area contributed by atoms with Gasteiger partial charge >= 0.3 is 0 Å². The lowest BCUT2D eigenvalue weighted by Gasteiger charge is -2.32. The average Bonchev–Trinajstić information content (AvgIpc) is 2.71. The molecule has 1 aromatic rings. The molecule has 1 aromatic carbocycles. The van der Waals surface area contributed by atoms with Crippen molar-refractivity contribution in [3.05, 3.63) is 35.4 Å². The molecule has 17 heavy (non-hydrogen) atoms. The molecule has 2 N–H and O–H groups in total. The van der Waals surface area contributed by atoms with Crippen LogP contribution in [0.4, 0.5) is 0 Å². The average molecular weight is 231 g/mol. The lowest BCUT2D eigenvalue weighted by molar-refractivity contribution is 0.268. The summed E-state index contributed by atoms with van der Waals surface area (Å²) in [4.78, 5) is 6.63. The standard InChI is InChI=1S/C14H21N3/c1-4-11(3)17-13(9-16-14(17)15)12-7-5-10(2)6-8-12/h5-8,11,13H,4,9H2,1-3H3,(H2,15,16). The molecule has 0 spiro atoms. The third-order valence-corrected chi connectivity index (χ3v) is 3.55. The number of aliphatic imine (C=N–C) groups is 1. The first kappa shape index (κ1) is 12.0. The second-order valence-corrected chi connectivity index (χ2v) is 4.79. The van der Waals surface area contributed by atoms with E-state index in [0.29, 0.717) is 18.0 Å². The Morgan fingerprint density at radius 3 is 2.65 bits per heavy atom. The Balaban J connectivity index is 2.24. The van der Waals surface area contributed by atoms with Crippen molar-refractivity contribution < 1.29 is 0 Å². The first-order chi connectivity index (χ1) is 8.13. The van der Waals surface area contributed by atoms with E-state index in [1.54, 1.807) is 0 Å². The minimum Gasteiger partial charge on any atom is -0.370 e. The fraction of sp³-hybridized carbons (Fsp3) is 0.500. The van der Waals surface area contributed by atoms with Gasteiger partial charge < -0.3 is 10.6 Å². The highest BCUT2D eigenvalue weighted by atomic mass is 15.3. The predicted octanol–water partition coefficient (Wildman–Crippen LogP) is 2.46. The van der Waals surface area contributed by atoms with Crippen LogP contribution in [0.2, 0.25) is 0 Å². The van der Waals surface area contributed by atoms with Gasteiger partial charge in [-0.2, -0.15) is 0 Å². The molecular weight excluding hydrogens is 210 g/mol. The van der Waals surface area contributed by atoms with E-state index in [2.05, 4.69) is 54.9 Å². The van der Waals surface area contributed by atoms with Crippen molar-refractivity contribution >= 4 is 5.96 Å². The van der Waals surface area contributed by atoms with Gasteiger partial charge in [-0.3, -0.25) is 4.99 Å². The first-order valence-corrected chi connectivity index (χ1v) is 6.28. The zero-order valence-electron chi connectivity index (χ0n) is 10.9. The smallest absolute Gasteiger partial charge is 0.192 e. The van der Waals surface area contributed by atoms with E-state index in [9.17, 15) is 0 Å². The summed E-state index contributed by atoms with van der Waals surface area (Å²) in [6, 6.07) is 9.42. The van der Waals surface area contributed by atoms with Crippen molar-refractivity contribution in [1.82, 2.24) is 4.90 Å². The van der Waals surface area contributed by atoms with Gasteiger partial charge in [0.25, 0.3) is 0 Å². The Morgan fingerprint density at radius 1 is 1.41 bits per heavy atom. The van der Waals surface area contributed by atoms with Crippen molar-refractivity contribution in [2.75, 3.05) is 6.54 Å². The van der Waals surface area contributed by atoms with Gasteiger partial charge in [-0.15, -0.1) is 0 Å². The number of nitrogens with two attached hydrogens (primary N) is 1. The molecule has 1 aliphatic rings. The minimum atomic E-state index is 0.311. The molecule has 3 heteroatoms. The van der Waals surface area contributed by atoms with Crippen LogP contribution in [0.1, 0.15) is 37.4 Å². The number of rotatable bonds is 3. The fourth-order valence-corrected chi connectivity index (χ4v) is 2.29. The molecule has 0 saturated heterocycles. The summed E-state index contributed by atoms with van der Waals surface area (Å²) in [5, 5.41) is 0. The van der Waals surface area contributed by atoms with Crippen LogP contribution in [0, 0.1) is 6.92 Å². The number of hydrogen-bond donors (Lipinski definition) is 1. The summed E-state index contributed by atoms with van der Waals surface area (Å²) in [6.07, 6.45) is 1.08. The molecule has 0 bridgehead atoms. The Labute approximate surface area is 103 Å². The lowest BCUT2D eigenvalue weighted by Crippen LogP contribution is -2.42. The maximum atomic E-state index is 5.99. The number of nitrogens with zero attached hydrogens (tertiary/aromatic N) is 2. The topological polar surface area (TPSA) is 41.6 Å². The molecule has 1 heterocycles. The second-order valence-electron chi connectivity index (χ2n) is 4.79. The third kappa shape index (κ3) is 2.28. The Morgan fingerprint density at radius 2 is 2.06 bits per heavy atom. The molecule has 3 nitrogen and oxygen atoms in total. The molecule has 0 fully saturated rings. The van der Waals surface area contributed by atoms with E-state index in [0.717, 1.165) is 13.0 Å². The quantitative estimate of drug-likeness (QED) is 0.868. The van der Waals surface area contributed by atoms with Crippen LogP contribution >= 0.6 is 0 Å². The van der Waals surface area contributed by atoms with Crippen LogP contribution in [-0.4, -0.2) is 23.4 Å². The number of guanidine groups is 1. The summed E-state index contributed by atoms with van der Waals surface area (Å²) in [5.74, 6) is 0.685. The maximum Gasteiger partial charge on any atom is 0.192 e. The van der Waals surface area contributed by atoms with Gasteiger partial charge in [0.1, 0.15) is 0 Å². The van der Waals surface area contributed by atoms with Crippen LogP contribution < -0.4 is 5.73 Å². The highest BCUT2D eigenvalue weighted by molar-refractivity contribution is 5.80. The molecule has 0 aliphatic carbocycles. The van der Waals surface area contributed by atoms with Crippen LogP contribution in [-0.2, 0) is 0 Å². The zero-order valence-corrected chi connectivity index (χ0v) is 10.9. The molecule has 0 aromatic heterocycles. The second kappa shape index (κ2) is 4.78. The summed E-state index contributed by atoms with van der Waals surface area (Å²) in [7, 11) is 0. The van der Waals surface area contributed by atoms with Crippen molar-refractivity contribution in [3.8, 4) is 0 Å². The molecule has 1 aliphatic heterocycles. The number of hydrogen-bond acceptors (Lipinski definition) is 3. The van der Waals surface area contributed by atoms with Crippen LogP contribution in [0.25, 0.3) is 0 Å². The fourth-order valence-electron chi connectivity index (χ4n) is 2.29. The van der Waals surface area contributed by atoms with Crippen LogP contribution in [0.5, 0.6) is 0 Å². The van der Waals surface area contributed by atoms with E-state index in [-0.39, 0.29) is 0 Å². The minimum absolute atomic E-state index is 0.311. The van der Waals surface area contributed by atoms with Gasteiger partial charge in [0.2, 0.25) is 0 Å². The van der Waals surface area contributed by atoms with Crippen LogP contribution in [0.3, 0.4) is 0 Å². The highest BCUT2D eigenvalue weighted by Gasteiger charge is 2.30. The lowest BCUT2D eigenvalue weighted by atomic mass is 10.0. The Hall–Kier alpha value is -1.51. The van der Waals surface area contributed by atoms with E-state index in [1.165, 1.54) is 11.1 Å². The summed E-state index contributed by atoms with van der Waals surface area (Å²) < 4.78 is 0. The van der Waals surface area contributed by atoms with E-state index in [4.69, 9.17) is 5.73 Å². The SMILES string of the molecule is CCC(C)N1C(N)=NCC1c1ccc(C)cc1. The molecule has 2 unspecified atom stereocenters. The highest BCUT2D eigenvalue weighted by Crippen LogP contribution is 2.28. The maximum absolute atomic E-state index is 5.99. The van der Waals surface area contributed by atoms with E-state index < -0.39 is 0 Å². The molecule has 2 rings (SSSR count). The normalized spacial score (nSPS) is 21.5. The molecule has 0 amide bonds. The Kier molecular flexibility index (Phi) is 3.36. The van der Waals surface area contributed by atoms with Gasteiger partial charge in [0, 0.05) is 6.04 Å². The van der Waals surface area contributed by atoms with Crippen molar-refractivity contribution in [1.29, 1.82) is 0 Å². The first-order valence-electron chi connectivity index (χ1n) is 6.28. The Bertz CT molecular complexity index is 408. The third-order valence-electron chi connectivity index (χ3n) is 3.55. The molecule has 92 valence electrons. The van der Waals surface area contributed by atoms with E-state index in [1.807, 2.05) is 0 Å². The van der Waals surface area contributed by atoms with Gasteiger partial charge in [0.15, 0.2) is 5.96 Å².